The zero-order valence-electron chi connectivity index (χ0n) is 11.8. The molecule has 22 heavy (non-hydrogen) atoms. The number of aryl methyl sites for hydroxylation is 1. The number of benzene rings is 2. The molecule has 3 nitrogen and oxygen atoms in total. The third-order valence-corrected chi connectivity index (χ3v) is 4.16. The van der Waals surface area contributed by atoms with Crippen molar-refractivity contribution in [2.75, 3.05) is 4.90 Å². The number of amides is 1. The monoisotopic (exact) mass is 372 g/mol. The third-order valence-electron chi connectivity index (χ3n) is 3.35. The van der Waals surface area contributed by atoms with Gasteiger partial charge in [-0.25, -0.2) is 0 Å². The van der Waals surface area contributed by atoms with Gasteiger partial charge in [-0.3, -0.25) is 9.69 Å². The van der Waals surface area contributed by atoms with Gasteiger partial charge in [0.05, 0.1) is 5.69 Å². The molecule has 0 bridgehead atoms. The molecule has 0 saturated carbocycles. The van der Waals surface area contributed by atoms with Crippen LogP contribution in [0, 0.1) is 6.92 Å². The van der Waals surface area contributed by atoms with Gasteiger partial charge >= 0.3 is 0 Å². The minimum atomic E-state index is -0.145. The molecule has 5 heteroatoms. The van der Waals surface area contributed by atoms with Gasteiger partial charge in [0.25, 0.3) is 5.91 Å². The first-order valence-electron chi connectivity index (χ1n) is 6.74. The number of nitrogens with zero attached hydrogens (tertiary/aromatic N) is 1. The van der Waals surface area contributed by atoms with E-state index in [1.807, 2.05) is 61.5 Å². The Bertz CT molecular complexity index is 766. The minimum Gasteiger partial charge on any atom is -0.327 e. The largest absolute Gasteiger partial charge is 0.327 e. The molecule has 0 aromatic heterocycles. The van der Waals surface area contributed by atoms with E-state index < -0.39 is 0 Å². The molecular formula is C17H13BrN2OS. The maximum atomic E-state index is 12.6. The second-order valence-corrected chi connectivity index (χ2v) is 6.32. The average molecular weight is 373 g/mol. The highest BCUT2D eigenvalue weighted by Crippen LogP contribution is 2.24. The SMILES string of the molecule is Cc1ccc(/C=C2/NC(=S)N(c3ccc(Br)cc3)C2=O)cc1. The highest BCUT2D eigenvalue weighted by molar-refractivity contribution is 9.10. The van der Waals surface area contributed by atoms with Gasteiger partial charge in [-0.2, -0.15) is 0 Å². The van der Waals surface area contributed by atoms with E-state index in [9.17, 15) is 4.79 Å². The van der Waals surface area contributed by atoms with Crippen molar-refractivity contribution in [3.05, 3.63) is 69.8 Å². The Morgan fingerprint density at radius 3 is 2.36 bits per heavy atom. The fourth-order valence-corrected chi connectivity index (χ4v) is 2.75. The number of halogens is 1. The Labute approximate surface area is 142 Å². The standard InChI is InChI=1S/C17H13BrN2OS/c1-11-2-4-12(5-3-11)10-15-16(21)20(17(22)19-15)14-8-6-13(18)7-9-14/h2-10H,1H3,(H,19,22)/b15-10+. The number of anilines is 1. The van der Waals surface area contributed by atoms with E-state index in [-0.39, 0.29) is 5.91 Å². The summed E-state index contributed by atoms with van der Waals surface area (Å²) < 4.78 is 0.956. The lowest BCUT2D eigenvalue weighted by molar-refractivity contribution is -0.113. The summed E-state index contributed by atoms with van der Waals surface area (Å²) in [6.45, 7) is 2.03. The predicted molar refractivity (Wildman–Crippen MR) is 96.5 cm³/mol. The Morgan fingerprint density at radius 1 is 1.09 bits per heavy atom. The van der Waals surface area contributed by atoms with Gasteiger partial charge in [0.15, 0.2) is 5.11 Å². The highest BCUT2D eigenvalue weighted by atomic mass is 79.9. The van der Waals surface area contributed by atoms with E-state index in [0.717, 1.165) is 15.7 Å². The second-order valence-electron chi connectivity index (χ2n) is 5.02. The molecule has 110 valence electrons. The van der Waals surface area contributed by atoms with Crippen molar-refractivity contribution in [3.8, 4) is 0 Å². The predicted octanol–water partition coefficient (Wildman–Crippen LogP) is 4.02. The van der Waals surface area contributed by atoms with Gasteiger partial charge in [0, 0.05) is 4.47 Å². The summed E-state index contributed by atoms with van der Waals surface area (Å²) >= 11 is 8.67. The van der Waals surface area contributed by atoms with Crippen molar-refractivity contribution in [2.45, 2.75) is 6.92 Å². The van der Waals surface area contributed by atoms with Gasteiger partial charge in [-0.05, 0) is 55.0 Å². The van der Waals surface area contributed by atoms with E-state index in [1.54, 1.807) is 0 Å². The number of carbonyl (C=O) groups is 1. The number of carbonyl (C=O) groups excluding carboxylic acids is 1. The Balaban J connectivity index is 1.91. The first kappa shape index (κ1) is 14.9. The Hall–Kier alpha value is -1.98. The van der Waals surface area contributed by atoms with Crippen molar-refractivity contribution >= 4 is 50.9 Å². The summed E-state index contributed by atoms with van der Waals surface area (Å²) in [6.07, 6.45) is 1.81. The molecule has 2 aromatic rings. The molecule has 1 aliphatic rings. The zero-order valence-corrected chi connectivity index (χ0v) is 14.2. The van der Waals surface area contributed by atoms with E-state index in [0.29, 0.717) is 10.8 Å². The van der Waals surface area contributed by atoms with Crippen molar-refractivity contribution in [3.63, 3.8) is 0 Å². The van der Waals surface area contributed by atoms with Gasteiger partial charge in [0.1, 0.15) is 5.70 Å². The average Bonchev–Trinajstić information content (AvgIpc) is 2.77. The molecule has 0 spiro atoms. The molecule has 2 aromatic carbocycles. The van der Waals surface area contributed by atoms with Gasteiger partial charge < -0.3 is 5.32 Å². The summed E-state index contributed by atoms with van der Waals surface area (Å²) in [5, 5.41) is 3.38. The van der Waals surface area contributed by atoms with Crippen LogP contribution in [0.25, 0.3) is 6.08 Å². The molecule has 1 fully saturated rings. The molecule has 1 saturated heterocycles. The normalized spacial score (nSPS) is 16.3. The van der Waals surface area contributed by atoms with Crippen LogP contribution in [-0.4, -0.2) is 11.0 Å². The summed E-state index contributed by atoms with van der Waals surface area (Å²) in [5.41, 5.74) is 3.37. The van der Waals surface area contributed by atoms with E-state index in [4.69, 9.17) is 12.2 Å². The highest BCUT2D eigenvalue weighted by Gasteiger charge is 2.31. The Kier molecular flexibility index (Phi) is 4.09. The van der Waals surface area contributed by atoms with Crippen LogP contribution >= 0.6 is 28.1 Å². The molecule has 1 aliphatic heterocycles. The molecule has 0 aliphatic carbocycles. The number of hydrogen-bond donors (Lipinski definition) is 1. The molecule has 0 unspecified atom stereocenters. The molecule has 1 amide bonds. The van der Waals surface area contributed by atoms with E-state index in [2.05, 4.69) is 21.2 Å². The molecule has 3 rings (SSSR count). The van der Waals surface area contributed by atoms with Crippen LogP contribution in [-0.2, 0) is 4.79 Å². The first-order chi connectivity index (χ1) is 10.5. The van der Waals surface area contributed by atoms with Crippen LogP contribution in [0.15, 0.2) is 58.7 Å². The lowest BCUT2D eigenvalue weighted by atomic mass is 10.1. The van der Waals surface area contributed by atoms with Crippen molar-refractivity contribution in [1.29, 1.82) is 0 Å². The number of hydrogen-bond acceptors (Lipinski definition) is 2. The quantitative estimate of drug-likeness (QED) is 0.638. The maximum absolute atomic E-state index is 12.6. The van der Waals surface area contributed by atoms with Gasteiger partial charge in [-0.1, -0.05) is 45.8 Å². The minimum absolute atomic E-state index is 0.145. The van der Waals surface area contributed by atoms with Gasteiger partial charge in [-0.15, -0.1) is 0 Å². The molecular weight excluding hydrogens is 360 g/mol. The molecule has 0 atom stereocenters. The fourth-order valence-electron chi connectivity index (χ4n) is 2.19. The van der Waals surface area contributed by atoms with Crippen LogP contribution in [0.5, 0.6) is 0 Å². The second kappa shape index (κ2) is 6.02. The van der Waals surface area contributed by atoms with E-state index in [1.165, 1.54) is 10.5 Å². The smallest absolute Gasteiger partial charge is 0.281 e. The summed E-state index contributed by atoms with van der Waals surface area (Å²) in [6, 6.07) is 15.4. The topological polar surface area (TPSA) is 32.3 Å². The molecule has 0 radical (unpaired) electrons. The number of nitrogens with one attached hydrogen (secondary N) is 1. The summed E-state index contributed by atoms with van der Waals surface area (Å²) in [4.78, 5) is 14.1. The third kappa shape index (κ3) is 2.96. The van der Waals surface area contributed by atoms with Crippen molar-refractivity contribution in [1.82, 2.24) is 5.32 Å². The lowest BCUT2D eigenvalue weighted by Crippen LogP contribution is -2.30. The Morgan fingerprint density at radius 2 is 1.73 bits per heavy atom. The molecule has 1 heterocycles. The van der Waals surface area contributed by atoms with Crippen LogP contribution in [0.1, 0.15) is 11.1 Å². The number of rotatable bonds is 2. The maximum Gasteiger partial charge on any atom is 0.281 e. The van der Waals surface area contributed by atoms with Crippen LogP contribution in [0.3, 0.4) is 0 Å². The van der Waals surface area contributed by atoms with Gasteiger partial charge in [0.2, 0.25) is 0 Å². The summed E-state index contributed by atoms with van der Waals surface area (Å²) in [5.74, 6) is -0.145. The zero-order chi connectivity index (χ0) is 15.7. The van der Waals surface area contributed by atoms with Crippen LogP contribution in [0.4, 0.5) is 5.69 Å². The first-order valence-corrected chi connectivity index (χ1v) is 7.94. The fraction of sp³-hybridized carbons (Fsp3) is 0.0588. The van der Waals surface area contributed by atoms with Crippen LogP contribution in [0.2, 0.25) is 0 Å². The van der Waals surface area contributed by atoms with Crippen molar-refractivity contribution in [2.24, 2.45) is 0 Å². The summed E-state index contributed by atoms with van der Waals surface area (Å²) in [7, 11) is 0. The van der Waals surface area contributed by atoms with Crippen LogP contribution < -0.4 is 10.2 Å². The number of thiocarbonyl (C=S) groups is 1. The lowest BCUT2D eigenvalue weighted by Gasteiger charge is -2.13. The van der Waals surface area contributed by atoms with Crippen molar-refractivity contribution < 1.29 is 4.79 Å². The molecule has 1 N–H and O–H groups in total. The van der Waals surface area contributed by atoms with E-state index >= 15 is 0 Å².